The van der Waals surface area contributed by atoms with Gasteiger partial charge in [0.05, 0.1) is 17.1 Å². The maximum absolute atomic E-state index is 9.19. The SMILES string of the molecule is [2H]C([2H])([2H])c1cc2c3c(c1)N(c1c(C)cc(C(C)(C)C)cc1C([2H])([2H])[2H])c1c(ccc4c5c(oc14)CC(C)(C)C5)B3c1cc(C(C)(C)C)cc3c1N2c1ccc(C(C)(C)C)cc1C3(C)C. The highest BCUT2D eigenvalue weighted by Gasteiger charge is 2.50. The fraction of sp³-hybridized carbons (Fsp3) is 0.418. The molecule has 6 aromatic rings. The van der Waals surface area contributed by atoms with E-state index in [0.717, 1.165) is 74.3 Å². The third-order valence-corrected chi connectivity index (χ3v) is 14.2. The fourth-order valence-electron chi connectivity index (χ4n) is 10.9. The van der Waals surface area contributed by atoms with E-state index in [1.807, 2.05) is 25.1 Å². The second kappa shape index (κ2) is 11.8. The van der Waals surface area contributed by atoms with E-state index < -0.39 is 19.1 Å². The Morgan fingerprint density at radius 3 is 1.92 bits per heavy atom. The van der Waals surface area contributed by atoms with Gasteiger partial charge < -0.3 is 14.2 Å². The second-order valence-corrected chi connectivity index (χ2v) is 22.7. The summed E-state index contributed by atoms with van der Waals surface area (Å²) in [5, 5.41) is 1.02. The summed E-state index contributed by atoms with van der Waals surface area (Å²) in [6, 6.07) is 23.8. The fourth-order valence-corrected chi connectivity index (χ4v) is 10.9. The van der Waals surface area contributed by atoms with Gasteiger partial charge in [-0.2, -0.15) is 0 Å². The number of hydrogen-bond donors (Lipinski definition) is 0. The van der Waals surface area contributed by atoms with Crippen molar-refractivity contribution in [1.82, 2.24) is 0 Å². The molecule has 0 bridgehead atoms. The van der Waals surface area contributed by atoms with Crippen molar-refractivity contribution < 1.29 is 12.6 Å². The van der Waals surface area contributed by atoms with Gasteiger partial charge >= 0.3 is 0 Å². The van der Waals surface area contributed by atoms with Gasteiger partial charge in [0.2, 0.25) is 0 Å². The molecule has 0 radical (unpaired) electrons. The van der Waals surface area contributed by atoms with Gasteiger partial charge in [0, 0.05) is 48.1 Å². The van der Waals surface area contributed by atoms with Crippen molar-refractivity contribution in [3.05, 3.63) is 123 Å². The predicted molar refractivity (Wildman–Crippen MR) is 254 cm³/mol. The van der Waals surface area contributed by atoms with E-state index >= 15 is 0 Å². The molecule has 3 nitrogen and oxygen atoms in total. The first-order chi connectivity index (χ1) is 29.8. The molecule has 59 heavy (non-hydrogen) atoms. The van der Waals surface area contributed by atoms with Crippen molar-refractivity contribution in [2.75, 3.05) is 9.80 Å². The number of hydrogen-bond acceptors (Lipinski definition) is 3. The smallest absolute Gasteiger partial charge is 0.252 e. The largest absolute Gasteiger partial charge is 0.459 e. The number of aryl methyl sites for hydroxylation is 3. The molecule has 1 aromatic heterocycles. The maximum Gasteiger partial charge on any atom is 0.252 e. The molecule has 0 atom stereocenters. The summed E-state index contributed by atoms with van der Waals surface area (Å²) in [5.41, 5.74) is 15.9. The maximum atomic E-state index is 9.19. The normalized spacial score (nSPS) is 19.1. The van der Waals surface area contributed by atoms with Crippen LogP contribution in [0.2, 0.25) is 0 Å². The molecule has 1 aliphatic carbocycles. The molecule has 4 heterocycles. The zero-order chi connectivity index (χ0) is 47.3. The quantitative estimate of drug-likeness (QED) is 0.155. The second-order valence-electron chi connectivity index (χ2n) is 22.7. The van der Waals surface area contributed by atoms with E-state index in [9.17, 15) is 4.11 Å². The van der Waals surface area contributed by atoms with Crippen LogP contribution in [0.25, 0.3) is 11.0 Å². The topological polar surface area (TPSA) is 19.6 Å². The molecular weight excluding hydrogens is 715 g/mol. The van der Waals surface area contributed by atoms with Crippen molar-refractivity contribution in [1.29, 1.82) is 0 Å². The Labute approximate surface area is 362 Å². The molecule has 10 rings (SSSR count). The van der Waals surface area contributed by atoms with Crippen LogP contribution in [0.15, 0.2) is 71.1 Å². The van der Waals surface area contributed by atoms with Gasteiger partial charge in [-0.1, -0.05) is 139 Å². The van der Waals surface area contributed by atoms with Crippen LogP contribution < -0.4 is 26.2 Å². The highest BCUT2D eigenvalue weighted by Crippen LogP contribution is 2.57. The lowest BCUT2D eigenvalue weighted by Crippen LogP contribution is -2.62. The summed E-state index contributed by atoms with van der Waals surface area (Å²) in [6.45, 7) is 25.8. The molecule has 0 saturated heterocycles. The number of fused-ring (bicyclic) bond motifs is 10. The summed E-state index contributed by atoms with van der Waals surface area (Å²) >= 11 is 0. The van der Waals surface area contributed by atoms with Gasteiger partial charge in [0.15, 0.2) is 5.58 Å². The van der Waals surface area contributed by atoms with Crippen LogP contribution in [0, 0.1) is 26.0 Å². The van der Waals surface area contributed by atoms with Crippen LogP contribution in [0.5, 0.6) is 0 Å². The zero-order valence-corrected chi connectivity index (χ0v) is 37.6. The Balaban J connectivity index is 1.42. The van der Waals surface area contributed by atoms with Crippen molar-refractivity contribution in [2.24, 2.45) is 5.41 Å². The lowest BCUT2D eigenvalue weighted by atomic mass is 9.32. The zero-order valence-electron chi connectivity index (χ0n) is 43.6. The summed E-state index contributed by atoms with van der Waals surface area (Å²) in [5.74, 6) is 0.965. The summed E-state index contributed by atoms with van der Waals surface area (Å²) in [6.07, 6.45) is 1.66. The minimum Gasteiger partial charge on any atom is -0.459 e. The van der Waals surface area contributed by atoms with E-state index in [1.165, 1.54) is 27.8 Å². The Kier molecular flexibility index (Phi) is 6.41. The molecule has 0 saturated carbocycles. The average molecular weight is 785 g/mol. The van der Waals surface area contributed by atoms with Crippen LogP contribution in [-0.2, 0) is 34.5 Å². The third kappa shape index (κ3) is 5.39. The Hall–Kier alpha value is -4.70. The van der Waals surface area contributed by atoms with Gasteiger partial charge in [-0.05, 0) is 128 Å². The van der Waals surface area contributed by atoms with E-state index in [2.05, 4.69) is 148 Å². The van der Waals surface area contributed by atoms with Crippen molar-refractivity contribution >= 4 is 68.2 Å². The van der Waals surface area contributed by atoms with Crippen molar-refractivity contribution in [2.45, 2.75) is 145 Å². The Morgan fingerprint density at radius 2 is 1.25 bits per heavy atom. The van der Waals surface area contributed by atoms with Crippen LogP contribution in [0.3, 0.4) is 0 Å². The number of benzene rings is 5. The number of furan rings is 1. The van der Waals surface area contributed by atoms with E-state index in [-0.39, 0.29) is 39.5 Å². The Morgan fingerprint density at radius 1 is 0.610 bits per heavy atom. The molecule has 0 N–H and O–H groups in total. The van der Waals surface area contributed by atoms with Gasteiger partial charge in [-0.25, -0.2) is 0 Å². The Bertz CT molecular complexity index is 3050. The molecular formula is C55H63BN2O. The van der Waals surface area contributed by atoms with Crippen molar-refractivity contribution in [3.8, 4) is 0 Å². The van der Waals surface area contributed by atoms with Gasteiger partial charge in [-0.15, -0.1) is 0 Å². The molecule has 3 aliphatic heterocycles. The summed E-state index contributed by atoms with van der Waals surface area (Å²) in [4.78, 5) is 4.45. The van der Waals surface area contributed by atoms with Gasteiger partial charge in [-0.3, -0.25) is 0 Å². The number of rotatable bonds is 1. The molecule has 0 fully saturated rings. The minimum atomic E-state index is -2.51. The predicted octanol–water partition coefficient (Wildman–Crippen LogP) is 13.1. The number of anilines is 6. The molecule has 5 aromatic carbocycles. The first-order valence-electron chi connectivity index (χ1n) is 24.6. The van der Waals surface area contributed by atoms with Gasteiger partial charge in [0.25, 0.3) is 6.71 Å². The summed E-state index contributed by atoms with van der Waals surface area (Å²) < 4.78 is 61.9. The van der Waals surface area contributed by atoms with Gasteiger partial charge in [0.1, 0.15) is 5.76 Å². The highest BCUT2D eigenvalue weighted by molar-refractivity contribution is 7.00. The number of nitrogens with zero attached hydrogens (tertiary/aromatic N) is 2. The van der Waals surface area contributed by atoms with Crippen LogP contribution in [0.4, 0.5) is 34.1 Å². The summed E-state index contributed by atoms with van der Waals surface area (Å²) in [7, 11) is 0. The monoisotopic (exact) mass is 785 g/mol. The molecule has 302 valence electrons. The van der Waals surface area contributed by atoms with E-state index in [1.54, 1.807) is 0 Å². The molecule has 4 heteroatoms. The molecule has 0 unspecified atom stereocenters. The standard InChI is InChI=1S/C55H63BN2O/c1-30-21-43-46-44(22-30)58(47-31(2)23-34(24-32(47)3)52(7,8)9)49-40(19-18-36-37-28-54(13,14)29-45(37)59-50(36)49)56(46)41-27-35(53(10,11)12)26-39-48(41)57(43)42-20-17-33(51(4,5)6)25-38(42)55(39,15)16/h17-27H,28-29H2,1-16H3/i1D3,2D3. The lowest BCUT2D eigenvalue weighted by Gasteiger charge is -2.50. The molecule has 0 amide bonds. The lowest BCUT2D eigenvalue weighted by molar-refractivity contribution is 0.371. The minimum absolute atomic E-state index is 0.0396. The average Bonchev–Trinajstić information content (AvgIpc) is 3.66. The first-order valence-corrected chi connectivity index (χ1v) is 21.6. The van der Waals surface area contributed by atoms with Crippen LogP contribution in [0.1, 0.15) is 154 Å². The van der Waals surface area contributed by atoms with E-state index in [0.29, 0.717) is 17.0 Å². The third-order valence-electron chi connectivity index (χ3n) is 14.2. The molecule has 0 spiro atoms. The first kappa shape index (κ1) is 32.1. The van der Waals surface area contributed by atoms with Crippen molar-refractivity contribution in [3.63, 3.8) is 0 Å². The van der Waals surface area contributed by atoms with Crippen LogP contribution in [-0.4, -0.2) is 6.71 Å². The highest BCUT2D eigenvalue weighted by atomic mass is 16.3. The van der Waals surface area contributed by atoms with E-state index in [4.69, 9.17) is 8.53 Å². The molecule has 4 aliphatic rings. The van der Waals surface area contributed by atoms with Crippen LogP contribution >= 0.6 is 0 Å².